The van der Waals surface area contributed by atoms with Gasteiger partial charge in [-0.3, -0.25) is 14.9 Å². The Hall–Kier alpha value is -3.17. The fourth-order valence-corrected chi connectivity index (χ4v) is 8.61. The summed E-state index contributed by atoms with van der Waals surface area (Å²) in [6.45, 7) is 1.59. The molecule has 4 saturated carbocycles. The molecule has 8 nitrogen and oxygen atoms in total. The number of barbiturate groups is 1. The van der Waals surface area contributed by atoms with Crippen LogP contribution in [0.15, 0.2) is 46.4 Å². The molecule has 0 atom stereocenters. The summed E-state index contributed by atoms with van der Waals surface area (Å²) >= 11 is 9.74. The summed E-state index contributed by atoms with van der Waals surface area (Å²) < 4.78 is 10.7. The number of nitrogens with zero attached hydrogens (tertiary/aromatic N) is 1. The summed E-state index contributed by atoms with van der Waals surface area (Å²) in [5.74, 6) is 0.578. The average Bonchev–Trinajstić information content (AvgIpc) is 2.90. The number of esters is 1. The molecule has 0 aromatic heterocycles. The van der Waals surface area contributed by atoms with Crippen molar-refractivity contribution in [3.05, 3.63) is 62.6 Å². The Morgan fingerprint density at radius 3 is 2.29 bits per heavy atom. The molecule has 1 N–H and O–H groups in total. The number of benzene rings is 2. The SMILES string of the molecule is CCOC(=O)COc1c(Cl)cc(/C=C2\C(=O)NC(=O)N(c3ccc(C45CC6CC(CC(C6)C4)C5)cc3)C2=O)cc1Br. The average molecular weight is 642 g/mol. The monoisotopic (exact) mass is 640 g/mol. The largest absolute Gasteiger partial charge is 0.479 e. The van der Waals surface area contributed by atoms with E-state index >= 15 is 0 Å². The smallest absolute Gasteiger partial charge is 0.344 e. The molecule has 41 heavy (non-hydrogen) atoms. The van der Waals surface area contributed by atoms with E-state index in [1.807, 2.05) is 12.1 Å². The maximum absolute atomic E-state index is 13.5. The quantitative estimate of drug-likeness (QED) is 0.220. The molecule has 2 aromatic rings. The van der Waals surface area contributed by atoms with Crippen molar-refractivity contribution < 1.29 is 28.7 Å². The van der Waals surface area contributed by atoms with E-state index in [0.717, 1.165) is 22.7 Å². The molecule has 4 aliphatic carbocycles. The van der Waals surface area contributed by atoms with Crippen molar-refractivity contribution in [3.8, 4) is 5.75 Å². The molecular weight excluding hydrogens is 612 g/mol. The summed E-state index contributed by atoms with van der Waals surface area (Å²) in [6.07, 6.45) is 9.08. The van der Waals surface area contributed by atoms with Gasteiger partial charge in [0.05, 0.1) is 21.8 Å². The van der Waals surface area contributed by atoms with Gasteiger partial charge in [-0.15, -0.1) is 0 Å². The van der Waals surface area contributed by atoms with Crippen LogP contribution in [-0.2, 0) is 24.5 Å². The van der Waals surface area contributed by atoms with Gasteiger partial charge in [0.2, 0.25) is 0 Å². The highest BCUT2D eigenvalue weighted by Gasteiger charge is 2.51. The zero-order valence-electron chi connectivity index (χ0n) is 22.6. The molecule has 7 rings (SSSR count). The molecule has 214 valence electrons. The van der Waals surface area contributed by atoms with Gasteiger partial charge in [0.15, 0.2) is 12.4 Å². The number of hydrogen-bond acceptors (Lipinski definition) is 6. The topological polar surface area (TPSA) is 102 Å². The molecule has 1 aliphatic heterocycles. The van der Waals surface area contributed by atoms with E-state index in [2.05, 4.69) is 33.4 Å². The van der Waals surface area contributed by atoms with Crippen molar-refractivity contribution in [1.29, 1.82) is 0 Å². The highest BCUT2D eigenvalue weighted by molar-refractivity contribution is 9.10. The van der Waals surface area contributed by atoms with Crippen molar-refractivity contribution in [2.75, 3.05) is 18.1 Å². The number of ether oxygens (including phenoxy) is 2. The molecule has 2 aromatic carbocycles. The molecule has 0 radical (unpaired) electrons. The number of anilines is 1. The summed E-state index contributed by atoms with van der Waals surface area (Å²) in [4.78, 5) is 51.7. The maximum atomic E-state index is 13.5. The minimum atomic E-state index is -0.795. The van der Waals surface area contributed by atoms with Gasteiger partial charge in [0.25, 0.3) is 11.8 Å². The highest BCUT2D eigenvalue weighted by Crippen LogP contribution is 2.60. The normalized spacial score (nSPS) is 27.8. The summed E-state index contributed by atoms with van der Waals surface area (Å²) in [5, 5.41) is 2.43. The van der Waals surface area contributed by atoms with E-state index in [1.165, 1.54) is 56.2 Å². The van der Waals surface area contributed by atoms with Gasteiger partial charge in [-0.1, -0.05) is 23.7 Å². The minimum absolute atomic E-state index is 0.160. The number of hydrogen-bond donors (Lipinski definition) is 1. The number of carbonyl (C=O) groups excluding carboxylic acids is 4. The highest BCUT2D eigenvalue weighted by atomic mass is 79.9. The summed E-state index contributed by atoms with van der Waals surface area (Å²) in [5.41, 5.74) is 2.10. The molecule has 1 saturated heterocycles. The zero-order valence-corrected chi connectivity index (χ0v) is 24.9. The number of halogens is 2. The predicted octanol–water partition coefficient (Wildman–Crippen LogP) is 6.18. The van der Waals surface area contributed by atoms with Gasteiger partial charge < -0.3 is 9.47 Å². The van der Waals surface area contributed by atoms with Crippen LogP contribution in [0.2, 0.25) is 5.02 Å². The lowest BCUT2D eigenvalue weighted by molar-refractivity contribution is -0.145. The molecule has 5 fully saturated rings. The van der Waals surface area contributed by atoms with E-state index in [1.54, 1.807) is 13.0 Å². The Morgan fingerprint density at radius 1 is 1.07 bits per heavy atom. The molecule has 0 spiro atoms. The number of amides is 4. The number of carbonyl (C=O) groups is 4. The van der Waals surface area contributed by atoms with Gasteiger partial charge in [-0.25, -0.2) is 14.5 Å². The van der Waals surface area contributed by atoms with Gasteiger partial charge in [-0.2, -0.15) is 0 Å². The van der Waals surface area contributed by atoms with Crippen molar-refractivity contribution >= 4 is 63.1 Å². The molecule has 1 heterocycles. The van der Waals surface area contributed by atoms with Crippen LogP contribution in [0.1, 0.15) is 56.6 Å². The Bertz CT molecular complexity index is 1410. The lowest BCUT2D eigenvalue weighted by Crippen LogP contribution is -2.54. The van der Waals surface area contributed by atoms with E-state index in [0.29, 0.717) is 15.7 Å². The first-order valence-electron chi connectivity index (χ1n) is 13.9. The molecule has 4 bridgehead atoms. The standard InChI is InChI=1S/C31H30BrClN2O6/c1-2-40-26(36)16-41-27-24(32)11-17(12-25(27)33)10-23-28(37)34-30(39)35(29(23)38)22-5-3-21(4-6-22)31-13-18-7-19(14-31)9-20(8-18)15-31/h3-6,10-12,18-20H,2,7-9,13-16H2,1H3,(H,34,37,39)/b23-10+. The lowest BCUT2D eigenvalue weighted by atomic mass is 9.48. The second-order valence-corrected chi connectivity index (χ2v) is 12.9. The van der Waals surface area contributed by atoms with Crippen molar-refractivity contribution in [3.63, 3.8) is 0 Å². The van der Waals surface area contributed by atoms with Crippen LogP contribution in [0.5, 0.6) is 5.75 Å². The van der Waals surface area contributed by atoms with E-state index < -0.39 is 23.8 Å². The fraction of sp³-hybridized carbons (Fsp3) is 0.419. The van der Waals surface area contributed by atoms with Crippen LogP contribution in [0, 0.1) is 17.8 Å². The predicted molar refractivity (Wildman–Crippen MR) is 157 cm³/mol. The zero-order chi connectivity index (χ0) is 28.9. The number of rotatable bonds is 7. The Kier molecular flexibility index (Phi) is 7.44. The third-order valence-electron chi connectivity index (χ3n) is 8.85. The van der Waals surface area contributed by atoms with Crippen LogP contribution in [0.25, 0.3) is 6.08 Å². The van der Waals surface area contributed by atoms with Crippen molar-refractivity contribution in [2.45, 2.75) is 50.9 Å². The number of urea groups is 1. The molecule has 5 aliphatic rings. The lowest BCUT2D eigenvalue weighted by Gasteiger charge is -2.57. The fourth-order valence-electron chi connectivity index (χ4n) is 7.62. The van der Waals surface area contributed by atoms with E-state index in [-0.39, 0.29) is 35.0 Å². The van der Waals surface area contributed by atoms with Crippen LogP contribution >= 0.6 is 27.5 Å². The number of imide groups is 2. The van der Waals surface area contributed by atoms with Gasteiger partial charge in [0, 0.05) is 0 Å². The second-order valence-electron chi connectivity index (χ2n) is 11.6. The molecule has 10 heteroatoms. The van der Waals surface area contributed by atoms with Gasteiger partial charge >= 0.3 is 12.0 Å². The van der Waals surface area contributed by atoms with Crippen LogP contribution < -0.4 is 15.0 Å². The van der Waals surface area contributed by atoms with Gasteiger partial charge in [-0.05, 0) is 126 Å². The first-order valence-corrected chi connectivity index (χ1v) is 15.1. The van der Waals surface area contributed by atoms with Crippen molar-refractivity contribution in [1.82, 2.24) is 5.32 Å². The first-order chi connectivity index (χ1) is 19.7. The summed E-state index contributed by atoms with van der Waals surface area (Å²) in [7, 11) is 0. The molecule has 0 unspecified atom stereocenters. The molecule has 4 amide bonds. The summed E-state index contributed by atoms with van der Waals surface area (Å²) in [6, 6.07) is 10.0. The maximum Gasteiger partial charge on any atom is 0.344 e. The number of nitrogens with one attached hydrogen (secondary N) is 1. The van der Waals surface area contributed by atoms with Crippen molar-refractivity contribution in [2.24, 2.45) is 17.8 Å². The Balaban J connectivity index is 1.23. The van der Waals surface area contributed by atoms with Gasteiger partial charge in [0.1, 0.15) is 5.57 Å². The second kappa shape index (κ2) is 10.9. The first kappa shape index (κ1) is 28.0. The molecular formula is C31H30BrClN2O6. The Morgan fingerprint density at radius 2 is 1.71 bits per heavy atom. The minimum Gasteiger partial charge on any atom is -0.479 e. The van der Waals surface area contributed by atoms with Crippen LogP contribution in [-0.4, -0.2) is 37.0 Å². The van der Waals surface area contributed by atoms with Crippen LogP contribution in [0.3, 0.4) is 0 Å². The third kappa shape index (κ3) is 5.30. The van der Waals surface area contributed by atoms with Crippen LogP contribution in [0.4, 0.5) is 10.5 Å². The third-order valence-corrected chi connectivity index (χ3v) is 9.72. The van der Waals surface area contributed by atoms with E-state index in [9.17, 15) is 19.2 Å². The Labute approximate surface area is 251 Å². The van der Waals surface area contributed by atoms with E-state index in [4.69, 9.17) is 21.1 Å².